The van der Waals surface area contributed by atoms with Gasteiger partial charge >= 0.3 is 6.18 Å². The molecule has 0 fully saturated rings. The summed E-state index contributed by atoms with van der Waals surface area (Å²) in [5.74, 6) is 0. The van der Waals surface area contributed by atoms with Crippen LogP contribution in [0.5, 0.6) is 0 Å². The van der Waals surface area contributed by atoms with Crippen molar-refractivity contribution in [2.24, 2.45) is 0 Å². The smallest absolute Gasteiger partial charge is 0.299 e. The third-order valence-electron chi connectivity index (χ3n) is 3.91. The molecule has 0 saturated heterocycles. The number of halogens is 3. The van der Waals surface area contributed by atoms with Crippen LogP contribution >= 0.6 is 12.2 Å². The number of aromatic nitrogens is 3. The third kappa shape index (κ3) is 3.20. The molecule has 26 heavy (non-hydrogen) atoms. The molecular formula is C18H14F3N3OS. The van der Waals surface area contributed by atoms with E-state index in [0.717, 1.165) is 11.6 Å². The zero-order chi connectivity index (χ0) is 19.1. The summed E-state index contributed by atoms with van der Waals surface area (Å²) in [5.41, 5.74) is -0.490. The maximum Gasteiger partial charge on any atom is 0.417 e. The number of nitrogens with zero attached hydrogens (tertiary/aromatic N) is 2. The van der Waals surface area contributed by atoms with E-state index in [1.165, 1.54) is 10.6 Å². The van der Waals surface area contributed by atoms with Gasteiger partial charge in [0.1, 0.15) is 5.65 Å². The van der Waals surface area contributed by atoms with Crippen molar-refractivity contribution in [3.05, 3.63) is 69.2 Å². The molecule has 1 N–H and O–H groups in total. The number of aromatic amines is 1. The Bertz CT molecular complexity index is 1110. The summed E-state index contributed by atoms with van der Waals surface area (Å²) in [6.45, 7) is 5.57. The van der Waals surface area contributed by atoms with Crippen molar-refractivity contribution in [1.29, 1.82) is 0 Å². The van der Waals surface area contributed by atoms with Crippen molar-refractivity contribution in [1.82, 2.24) is 14.5 Å². The van der Waals surface area contributed by atoms with E-state index in [4.69, 9.17) is 12.2 Å². The first-order chi connectivity index (χ1) is 12.2. The van der Waals surface area contributed by atoms with Gasteiger partial charge < -0.3 is 0 Å². The molecule has 0 atom stereocenters. The topological polar surface area (TPSA) is 50.7 Å². The number of fused-ring (bicyclic) bond motifs is 1. The second-order valence-corrected chi connectivity index (χ2v) is 6.16. The minimum Gasteiger partial charge on any atom is -0.299 e. The lowest BCUT2D eigenvalue weighted by molar-refractivity contribution is -0.136. The highest BCUT2D eigenvalue weighted by molar-refractivity contribution is 7.71. The van der Waals surface area contributed by atoms with Gasteiger partial charge in [-0.3, -0.25) is 14.3 Å². The summed E-state index contributed by atoms with van der Waals surface area (Å²) < 4.78 is 42.2. The molecule has 1 aromatic carbocycles. The van der Waals surface area contributed by atoms with Crippen LogP contribution < -0.4 is 5.56 Å². The summed E-state index contributed by atoms with van der Waals surface area (Å²) >= 11 is 5.08. The van der Waals surface area contributed by atoms with Crippen LogP contribution in [0, 0.1) is 11.7 Å². The molecule has 0 spiro atoms. The fourth-order valence-corrected chi connectivity index (χ4v) is 2.92. The molecular weight excluding hydrogens is 363 g/mol. The molecule has 4 nitrogen and oxygen atoms in total. The number of alkyl halides is 3. The fourth-order valence-electron chi connectivity index (χ4n) is 2.67. The molecule has 2 heterocycles. The molecule has 2 aromatic heterocycles. The van der Waals surface area contributed by atoms with E-state index in [9.17, 15) is 18.0 Å². The highest BCUT2D eigenvalue weighted by atomic mass is 32.1. The molecule has 0 aliphatic rings. The molecule has 0 aliphatic carbocycles. The lowest BCUT2D eigenvalue weighted by Crippen LogP contribution is -2.20. The Morgan fingerprint density at radius 2 is 1.96 bits per heavy atom. The highest BCUT2D eigenvalue weighted by Gasteiger charge is 2.35. The predicted molar refractivity (Wildman–Crippen MR) is 96.6 cm³/mol. The van der Waals surface area contributed by atoms with Crippen LogP contribution in [0.3, 0.4) is 0 Å². The van der Waals surface area contributed by atoms with Crippen molar-refractivity contribution in [3.8, 4) is 11.3 Å². The maximum absolute atomic E-state index is 13.6. The van der Waals surface area contributed by atoms with Gasteiger partial charge in [-0.1, -0.05) is 35.9 Å². The van der Waals surface area contributed by atoms with Crippen LogP contribution in [-0.2, 0) is 12.7 Å². The van der Waals surface area contributed by atoms with Gasteiger partial charge in [0.15, 0.2) is 4.77 Å². The molecule has 0 radical (unpaired) electrons. The summed E-state index contributed by atoms with van der Waals surface area (Å²) in [4.78, 5) is 18.8. The van der Waals surface area contributed by atoms with Gasteiger partial charge in [0.25, 0.3) is 5.56 Å². The number of aryl methyl sites for hydroxylation is 1. The Hall–Kier alpha value is -2.74. The van der Waals surface area contributed by atoms with E-state index in [1.54, 1.807) is 24.3 Å². The Labute approximate surface area is 151 Å². The lowest BCUT2D eigenvalue weighted by Gasteiger charge is -2.15. The lowest BCUT2D eigenvalue weighted by atomic mass is 10.0. The van der Waals surface area contributed by atoms with E-state index in [2.05, 4.69) is 16.5 Å². The van der Waals surface area contributed by atoms with Gasteiger partial charge in [-0.2, -0.15) is 13.2 Å². The first-order valence-corrected chi connectivity index (χ1v) is 8.06. The van der Waals surface area contributed by atoms with Crippen LogP contribution in [0.25, 0.3) is 22.3 Å². The number of rotatable bonds is 3. The monoisotopic (exact) mass is 377 g/mol. The average molecular weight is 377 g/mol. The van der Waals surface area contributed by atoms with Crippen LogP contribution in [0.1, 0.15) is 11.1 Å². The number of H-pyrrole nitrogens is 1. The molecule has 0 aliphatic heterocycles. The number of nitrogens with one attached hydrogen (secondary N) is 1. The summed E-state index contributed by atoms with van der Waals surface area (Å²) in [7, 11) is 0. The van der Waals surface area contributed by atoms with Gasteiger partial charge in [0.05, 0.1) is 16.6 Å². The van der Waals surface area contributed by atoms with Gasteiger partial charge in [0.2, 0.25) is 0 Å². The second kappa shape index (κ2) is 6.53. The maximum atomic E-state index is 13.6. The van der Waals surface area contributed by atoms with Crippen molar-refractivity contribution in [2.75, 3.05) is 0 Å². The number of hydrogen-bond acceptors (Lipinski definition) is 3. The largest absolute Gasteiger partial charge is 0.417 e. The zero-order valence-electron chi connectivity index (χ0n) is 13.7. The molecule has 0 saturated carbocycles. The average Bonchev–Trinajstić information content (AvgIpc) is 2.57. The molecule has 0 unspecified atom stereocenters. The molecule has 134 valence electrons. The molecule has 0 bridgehead atoms. The molecule has 0 amide bonds. The quantitative estimate of drug-likeness (QED) is 0.535. The van der Waals surface area contributed by atoms with E-state index in [1.807, 2.05) is 6.92 Å². The van der Waals surface area contributed by atoms with E-state index in [0.29, 0.717) is 5.56 Å². The van der Waals surface area contributed by atoms with E-state index in [-0.39, 0.29) is 22.7 Å². The van der Waals surface area contributed by atoms with Crippen LogP contribution in [0.2, 0.25) is 0 Å². The summed E-state index contributed by atoms with van der Waals surface area (Å²) in [6, 6.07) is 7.82. The standard InChI is InChI=1S/C18H14F3N3OS/c1-3-8-24-15-14(16(25)23-17(24)26)12(18(19,20)21)9-13(22-15)11-6-4-10(2)5-7-11/h3-7,9H,1,8H2,2H3,(H,23,25,26). The Balaban J connectivity index is 2.48. The molecule has 8 heteroatoms. The first kappa shape index (κ1) is 18.1. The fraction of sp³-hybridized carbons (Fsp3) is 0.167. The minimum atomic E-state index is -4.72. The predicted octanol–water partition coefficient (Wildman–Crippen LogP) is 4.63. The van der Waals surface area contributed by atoms with Crippen LogP contribution in [-0.4, -0.2) is 14.5 Å². The number of benzene rings is 1. The Kier molecular flexibility index (Phi) is 4.53. The van der Waals surface area contributed by atoms with Gasteiger partial charge in [-0.25, -0.2) is 4.98 Å². The Morgan fingerprint density at radius 3 is 2.54 bits per heavy atom. The number of pyridine rings is 1. The van der Waals surface area contributed by atoms with E-state index >= 15 is 0 Å². The van der Waals surface area contributed by atoms with Crippen molar-refractivity contribution in [2.45, 2.75) is 19.6 Å². The van der Waals surface area contributed by atoms with Gasteiger partial charge in [0, 0.05) is 12.1 Å². The highest BCUT2D eigenvalue weighted by Crippen LogP contribution is 2.35. The van der Waals surface area contributed by atoms with Gasteiger partial charge in [-0.05, 0) is 25.2 Å². The second-order valence-electron chi connectivity index (χ2n) is 5.78. The molecule has 3 aromatic rings. The normalized spacial score (nSPS) is 11.7. The SMILES string of the molecule is C=CCn1c(=S)[nH]c(=O)c2c(C(F)(F)F)cc(-c3ccc(C)cc3)nc21. The van der Waals surface area contributed by atoms with Crippen molar-refractivity contribution in [3.63, 3.8) is 0 Å². The first-order valence-electron chi connectivity index (χ1n) is 7.65. The number of hydrogen-bond donors (Lipinski definition) is 1. The Morgan fingerprint density at radius 1 is 1.31 bits per heavy atom. The number of allylic oxidation sites excluding steroid dienone is 1. The minimum absolute atomic E-state index is 0.0101. The van der Waals surface area contributed by atoms with Crippen molar-refractivity contribution >= 4 is 23.3 Å². The third-order valence-corrected chi connectivity index (χ3v) is 4.24. The van der Waals surface area contributed by atoms with Crippen molar-refractivity contribution < 1.29 is 13.2 Å². The van der Waals surface area contributed by atoms with Crippen LogP contribution in [0.15, 0.2) is 47.8 Å². The van der Waals surface area contributed by atoms with Crippen LogP contribution in [0.4, 0.5) is 13.2 Å². The van der Waals surface area contributed by atoms with E-state index < -0.39 is 22.7 Å². The molecule has 3 rings (SSSR count). The zero-order valence-corrected chi connectivity index (χ0v) is 14.5. The summed E-state index contributed by atoms with van der Waals surface area (Å²) in [6.07, 6.45) is -3.25. The van der Waals surface area contributed by atoms with Gasteiger partial charge in [-0.15, -0.1) is 6.58 Å². The summed E-state index contributed by atoms with van der Waals surface area (Å²) in [5, 5.41) is -0.538.